The lowest BCUT2D eigenvalue weighted by Crippen LogP contribution is -2.31. The summed E-state index contributed by atoms with van der Waals surface area (Å²) in [6.07, 6.45) is 0. The fraction of sp³-hybridized carbons (Fsp3) is 0.364. The van der Waals surface area contributed by atoms with Gasteiger partial charge in [0.15, 0.2) is 0 Å². The fourth-order valence-corrected chi connectivity index (χ4v) is 2.68. The first kappa shape index (κ1) is 14.5. The predicted octanol–water partition coefficient (Wildman–Crippen LogP) is 2.88. The Bertz CT molecular complexity index is 421. The molecule has 0 aliphatic heterocycles. The van der Waals surface area contributed by atoms with Crippen molar-refractivity contribution in [3.05, 3.63) is 26.6 Å². The van der Waals surface area contributed by atoms with Crippen LogP contribution in [0.3, 0.4) is 0 Å². The van der Waals surface area contributed by atoms with Crippen molar-refractivity contribution in [2.45, 2.75) is 13.8 Å². The maximum atomic E-state index is 11.7. The lowest BCUT2D eigenvalue weighted by atomic mass is 10.1. The Morgan fingerprint density at radius 3 is 2.59 bits per heavy atom. The summed E-state index contributed by atoms with van der Waals surface area (Å²) >= 11 is 6.78. The Hall–Kier alpha value is -0.590. The number of hydrogen-bond acceptors (Lipinski definition) is 3. The van der Waals surface area contributed by atoms with Crippen molar-refractivity contribution < 1.29 is 4.79 Å². The molecule has 1 amide bonds. The standard InChI is InChI=1S/C11H15Br2N3O/c1-6(2)5-15-10-8(11(17)16-14)3-7(12)4-9(10)13/h3-4,6,15H,5,14H2,1-2H3,(H,16,17). The third-order valence-corrected chi connectivity index (χ3v) is 3.20. The summed E-state index contributed by atoms with van der Waals surface area (Å²) in [4.78, 5) is 11.7. The molecule has 0 radical (unpaired) electrons. The number of rotatable bonds is 4. The quantitative estimate of drug-likeness (QED) is 0.437. The monoisotopic (exact) mass is 363 g/mol. The van der Waals surface area contributed by atoms with E-state index in [2.05, 4.69) is 56.4 Å². The van der Waals surface area contributed by atoms with Crippen LogP contribution in [-0.2, 0) is 0 Å². The van der Waals surface area contributed by atoms with Gasteiger partial charge in [-0.1, -0.05) is 29.8 Å². The summed E-state index contributed by atoms with van der Waals surface area (Å²) in [6, 6.07) is 3.62. The minimum atomic E-state index is -0.321. The minimum absolute atomic E-state index is 0.321. The molecule has 0 aliphatic carbocycles. The Morgan fingerprint density at radius 2 is 2.06 bits per heavy atom. The van der Waals surface area contributed by atoms with Crippen molar-refractivity contribution in [1.29, 1.82) is 0 Å². The molecule has 17 heavy (non-hydrogen) atoms. The molecule has 0 aliphatic rings. The molecule has 0 heterocycles. The van der Waals surface area contributed by atoms with Crippen molar-refractivity contribution in [2.24, 2.45) is 11.8 Å². The number of nitrogens with one attached hydrogen (secondary N) is 2. The van der Waals surface area contributed by atoms with E-state index in [4.69, 9.17) is 5.84 Å². The molecule has 0 aromatic heterocycles. The maximum Gasteiger partial charge on any atom is 0.267 e. The van der Waals surface area contributed by atoms with Gasteiger partial charge < -0.3 is 5.32 Å². The highest BCUT2D eigenvalue weighted by Gasteiger charge is 2.14. The number of nitrogen functional groups attached to an aromatic ring is 1. The van der Waals surface area contributed by atoms with Crippen LogP contribution in [0.2, 0.25) is 0 Å². The van der Waals surface area contributed by atoms with Gasteiger partial charge >= 0.3 is 0 Å². The van der Waals surface area contributed by atoms with E-state index in [1.54, 1.807) is 6.07 Å². The smallest absolute Gasteiger partial charge is 0.267 e. The van der Waals surface area contributed by atoms with Crippen LogP contribution in [-0.4, -0.2) is 12.5 Å². The molecule has 0 bridgehead atoms. The van der Waals surface area contributed by atoms with Crippen LogP contribution in [0.1, 0.15) is 24.2 Å². The average molecular weight is 365 g/mol. The van der Waals surface area contributed by atoms with Crippen molar-refractivity contribution >= 4 is 43.5 Å². The average Bonchev–Trinajstić information content (AvgIpc) is 2.25. The summed E-state index contributed by atoms with van der Waals surface area (Å²) in [6.45, 7) is 4.98. The van der Waals surface area contributed by atoms with E-state index in [1.165, 1.54) is 0 Å². The second-order valence-electron chi connectivity index (χ2n) is 4.06. The van der Waals surface area contributed by atoms with Gasteiger partial charge in [-0.3, -0.25) is 10.2 Å². The summed E-state index contributed by atoms with van der Waals surface area (Å²) in [5, 5.41) is 3.24. The zero-order chi connectivity index (χ0) is 13.0. The van der Waals surface area contributed by atoms with Crippen LogP contribution in [0.25, 0.3) is 0 Å². The first-order chi connectivity index (χ1) is 7.95. The van der Waals surface area contributed by atoms with Crippen molar-refractivity contribution in [3.63, 3.8) is 0 Å². The maximum absolute atomic E-state index is 11.7. The van der Waals surface area contributed by atoms with Crippen molar-refractivity contribution in [2.75, 3.05) is 11.9 Å². The third kappa shape index (κ3) is 3.97. The molecule has 4 N–H and O–H groups in total. The molecule has 94 valence electrons. The fourth-order valence-electron chi connectivity index (χ4n) is 1.32. The number of amides is 1. The number of hydrazine groups is 1. The van der Waals surface area contributed by atoms with Gasteiger partial charge in [0, 0.05) is 15.5 Å². The van der Waals surface area contributed by atoms with Crippen LogP contribution in [0.4, 0.5) is 5.69 Å². The summed E-state index contributed by atoms with van der Waals surface area (Å²) in [5.74, 6) is 5.34. The lowest BCUT2D eigenvalue weighted by molar-refractivity contribution is 0.0954. The molecule has 1 aromatic carbocycles. The molecular formula is C11H15Br2N3O. The van der Waals surface area contributed by atoms with Gasteiger partial charge in [0.2, 0.25) is 0 Å². The van der Waals surface area contributed by atoms with Gasteiger partial charge in [0.25, 0.3) is 5.91 Å². The molecule has 4 nitrogen and oxygen atoms in total. The number of hydrogen-bond donors (Lipinski definition) is 3. The first-order valence-electron chi connectivity index (χ1n) is 5.19. The molecule has 6 heteroatoms. The number of halogens is 2. The van der Waals surface area contributed by atoms with Crippen LogP contribution < -0.4 is 16.6 Å². The van der Waals surface area contributed by atoms with Crippen LogP contribution in [0.5, 0.6) is 0 Å². The summed E-state index contributed by atoms with van der Waals surface area (Å²) < 4.78 is 1.64. The molecular weight excluding hydrogens is 350 g/mol. The zero-order valence-corrected chi connectivity index (χ0v) is 12.9. The largest absolute Gasteiger partial charge is 0.383 e. The van der Waals surface area contributed by atoms with Gasteiger partial charge in [-0.15, -0.1) is 0 Å². The SMILES string of the molecule is CC(C)CNc1c(Br)cc(Br)cc1C(=O)NN. The van der Waals surface area contributed by atoms with E-state index in [-0.39, 0.29) is 5.91 Å². The van der Waals surface area contributed by atoms with E-state index in [0.29, 0.717) is 11.5 Å². The van der Waals surface area contributed by atoms with Gasteiger partial charge in [-0.25, -0.2) is 5.84 Å². The molecule has 0 spiro atoms. The highest BCUT2D eigenvalue weighted by atomic mass is 79.9. The number of anilines is 1. The Morgan fingerprint density at radius 1 is 1.41 bits per heavy atom. The van der Waals surface area contributed by atoms with Gasteiger partial charge in [0.05, 0.1) is 11.3 Å². The van der Waals surface area contributed by atoms with Crippen LogP contribution in [0.15, 0.2) is 21.1 Å². The van der Waals surface area contributed by atoms with Gasteiger partial charge in [-0.2, -0.15) is 0 Å². The second kappa shape index (κ2) is 6.37. The predicted molar refractivity (Wildman–Crippen MR) is 76.8 cm³/mol. The zero-order valence-electron chi connectivity index (χ0n) is 9.68. The van der Waals surface area contributed by atoms with Crippen molar-refractivity contribution in [1.82, 2.24) is 5.43 Å². The third-order valence-electron chi connectivity index (χ3n) is 2.12. The number of carbonyl (C=O) groups excluding carboxylic acids is 1. The molecule has 0 saturated carbocycles. The first-order valence-corrected chi connectivity index (χ1v) is 6.78. The van der Waals surface area contributed by atoms with Gasteiger partial charge in [-0.05, 0) is 34.0 Å². The number of nitrogens with two attached hydrogens (primary N) is 1. The van der Waals surface area contributed by atoms with Gasteiger partial charge in [0.1, 0.15) is 0 Å². The molecule has 0 saturated heterocycles. The second-order valence-corrected chi connectivity index (χ2v) is 5.83. The van der Waals surface area contributed by atoms with Crippen LogP contribution >= 0.6 is 31.9 Å². The van der Waals surface area contributed by atoms with Crippen molar-refractivity contribution in [3.8, 4) is 0 Å². The molecule has 0 unspecified atom stereocenters. The normalized spacial score (nSPS) is 10.5. The number of benzene rings is 1. The van der Waals surface area contributed by atoms with E-state index in [0.717, 1.165) is 21.2 Å². The Kier molecular flexibility index (Phi) is 5.42. The van der Waals surface area contributed by atoms with E-state index >= 15 is 0 Å². The highest BCUT2D eigenvalue weighted by molar-refractivity contribution is 9.11. The lowest BCUT2D eigenvalue weighted by Gasteiger charge is -2.15. The summed E-state index contributed by atoms with van der Waals surface area (Å²) in [7, 11) is 0. The number of carbonyl (C=O) groups is 1. The highest BCUT2D eigenvalue weighted by Crippen LogP contribution is 2.30. The molecule has 0 fully saturated rings. The minimum Gasteiger partial charge on any atom is -0.383 e. The van der Waals surface area contributed by atoms with E-state index in [9.17, 15) is 4.79 Å². The van der Waals surface area contributed by atoms with Crippen LogP contribution in [0, 0.1) is 5.92 Å². The molecule has 1 rings (SSSR count). The summed E-state index contributed by atoms with van der Waals surface area (Å²) in [5.41, 5.74) is 3.41. The molecule has 0 atom stereocenters. The topological polar surface area (TPSA) is 67.2 Å². The Labute approximate surface area is 118 Å². The van der Waals surface area contributed by atoms with E-state index < -0.39 is 0 Å². The molecule has 1 aromatic rings. The van der Waals surface area contributed by atoms with E-state index in [1.807, 2.05) is 6.07 Å². The Balaban J connectivity index is 3.11.